The van der Waals surface area contributed by atoms with E-state index in [9.17, 15) is 30.3 Å². The summed E-state index contributed by atoms with van der Waals surface area (Å²) in [6, 6.07) is 0. The normalized spacial score (nSPS) is 49.1. The summed E-state index contributed by atoms with van der Waals surface area (Å²) in [5, 5.41) is 53.9. The number of rotatable bonds is 7. The van der Waals surface area contributed by atoms with Crippen LogP contribution in [0.2, 0.25) is 0 Å². The van der Waals surface area contributed by atoms with E-state index in [4.69, 9.17) is 0 Å². The molecule has 5 N–H and O–H groups in total. The second-order valence-corrected chi connectivity index (χ2v) is 13.9. The fourth-order valence-electron chi connectivity index (χ4n) is 9.83. The average molecular weight is 495 g/mol. The van der Waals surface area contributed by atoms with Crippen LogP contribution in [-0.4, -0.2) is 55.4 Å². The SMILES string of the molecule is CC(C)[C@H](CC[C@@H](C)[C@H]1C[C@H](O)[C@H]2[C@@H]3C[C@@H](O)[C@@]4(O)C[C@@H](O)CC[C@]4(C)[C@H]3CC[C@@]21C)CC(=O)O. The molecule has 0 heterocycles. The first-order valence-electron chi connectivity index (χ1n) is 14.2. The number of aliphatic hydroxyl groups is 4. The van der Waals surface area contributed by atoms with Crippen molar-refractivity contribution in [2.75, 3.05) is 0 Å². The molecule has 202 valence electrons. The number of carboxylic acid groups (broad SMARTS) is 1. The standard InChI is InChI=1S/C29H50O6/c1-16(2)18(12-25(33)34)7-6-17(3)22-14-23(31)26-20-13-24(32)29(35)15-19(30)8-11-28(29,5)21(20)9-10-27(22,26)4/h16-24,26,30-32,35H,6-15H2,1-5H3,(H,33,34)/t17-,18-,19+,20-,21+,22-,23+,24-,26-,27-,28-,29+/m1/s1. The zero-order chi connectivity index (χ0) is 25.9. The molecule has 0 spiro atoms. The van der Waals surface area contributed by atoms with Crippen LogP contribution < -0.4 is 0 Å². The lowest BCUT2D eigenvalue weighted by molar-refractivity contribution is -0.268. The summed E-state index contributed by atoms with van der Waals surface area (Å²) >= 11 is 0. The minimum atomic E-state index is -1.26. The molecule has 0 aliphatic heterocycles. The Morgan fingerprint density at radius 3 is 2.31 bits per heavy atom. The molecule has 0 bridgehead atoms. The van der Waals surface area contributed by atoms with E-state index in [0.717, 1.165) is 32.1 Å². The molecule has 4 fully saturated rings. The van der Waals surface area contributed by atoms with Gasteiger partial charge in [0.25, 0.3) is 0 Å². The molecule has 4 rings (SSSR count). The van der Waals surface area contributed by atoms with E-state index in [2.05, 4.69) is 34.6 Å². The monoisotopic (exact) mass is 494 g/mol. The van der Waals surface area contributed by atoms with Gasteiger partial charge in [-0.15, -0.1) is 0 Å². The van der Waals surface area contributed by atoms with Gasteiger partial charge in [-0.25, -0.2) is 0 Å². The van der Waals surface area contributed by atoms with Gasteiger partial charge in [-0.2, -0.15) is 0 Å². The van der Waals surface area contributed by atoms with E-state index in [1.807, 2.05) is 0 Å². The van der Waals surface area contributed by atoms with Gasteiger partial charge in [-0.3, -0.25) is 4.79 Å². The Hall–Kier alpha value is -0.690. The second kappa shape index (κ2) is 9.56. The minimum absolute atomic E-state index is 0.0140. The molecule has 6 nitrogen and oxygen atoms in total. The van der Waals surface area contributed by atoms with Gasteiger partial charge in [0.05, 0.1) is 23.9 Å². The van der Waals surface area contributed by atoms with Crippen molar-refractivity contribution in [3.05, 3.63) is 0 Å². The topological polar surface area (TPSA) is 118 Å². The van der Waals surface area contributed by atoms with Crippen LogP contribution >= 0.6 is 0 Å². The minimum Gasteiger partial charge on any atom is -0.481 e. The summed E-state index contributed by atoms with van der Waals surface area (Å²) in [5.41, 5.74) is -1.72. The molecular formula is C29H50O6. The van der Waals surface area contributed by atoms with Crippen LogP contribution in [-0.2, 0) is 4.79 Å². The molecule has 0 saturated heterocycles. The van der Waals surface area contributed by atoms with E-state index in [-0.39, 0.29) is 41.9 Å². The van der Waals surface area contributed by atoms with Crippen LogP contribution in [0.4, 0.5) is 0 Å². The number of hydrogen-bond donors (Lipinski definition) is 5. The molecule has 0 aromatic carbocycles. The largest absolute Gasteiger partial charge is 0.481 e. The Morgan fingerprint density at radius 1 is 1.00 bits per heavy atom. The van der Waals surface area contributed by atoms with Crippen LogP contribution in [0.15, 0.2) is 0 Å². The van der Waals surface area contributed by atoms with Crippen molar-refractivity contribution in [3.8, 4) is 0 Å². The summed E-state index contributed by atoms with van der Waals surface area (Å²) in [4.78, 5) is 11.3. The molecule has 4 saturated carbocycles. The van der Waals surface area contributed by atoms with Gasteiger partial charge in [-0.1, -0.05) is 41.0 Å². The molecule has 0 unspecified atom stereocenters. The van der Waals surface area contributed by atoms with E-state index < -0.39 is 35.3 Å². The van der Waals surface area contributed by atoms with E-state index in [0.29, 0.717) is 37.0 Å². The first kappa shape index (κ1) is 27.3. The lowest BCUT2D eigenvalue weighted by Crippen LogP contribution is -2.69. The summed E-state index contributed by atoms with van der Waals surface area (Å²) in [6.07, 6.45) is 5.12. The fraction of sp³-hybridized carbons (Fsp3) is 0.966. The van der Waals surface area contributed by atoms with Gasteiger partial charge < -0.3 is 25.5 Å². The molecule has 6 heteroatoms. The molecule has 0 radical (unpaired) electrons. The summed E-state index contributed by atoms with van der Waals surface area (Å²) < 4.78 is 0. The van der Waals surface area contributed by atoms with Crippen LogP contribution in [0.5, 0.6) is 0 Å². The van der Waals surface area contributed by atoms with Crippen molar-refractivity contribution in [3.63, 3.8) is 0 Å². The molecule has 0 aromatic rings. The summed E-state index contributed by atoms with van der Waals surface area (Å²) in [5.74, 6) is 1.08. The molecule has 0 amide bonds. The number of carboxylic acids is 1. The Kier molecular flexibility index (Phi) is 7.47. The maximum absolute atomic E-state index is 11.7. The van der Waals surface area contributed by atoms with E-state index >= 15 is 0 Å². The van der Waals surface area contributed by atoms with Gasteiger partial charge in [0, 0.05) is 18.3 Å². The third-order valence-corrected chi connectivity index (χ3v) is 11.9. The number of aliphatic carboxylic acids is 1. The van der Waals surface area contributed by atoms with Crippen molar-refractivity contribution in [2.24, 2.45) is 52.3 Å². The first-order valence-corrected chi connectivity index (χ1v) is 14.2. The number of carbonyl (C=O) groups is 1. The zero-order valence-corrected chi connectivity index (χ0v) is 22.5. The Bertz CT molecular complexity index is 785. The fourth-order valence-corrected chi connectivity index (χ4v) is 9.83. The smallest absolute Gasteiger partial charge is 0.303 e. The number of aliphatic hydroxyl groups excluding tert-OH is 3. The zero-order valence-electron chi connectivity index (χ0n) is 22.5. The predicted octanol–water partition coefficient (Wildman–Crippen LogP) is 4.23. The molecular weight excluding hydrogens is 444 g/mol. The highest BCUT2D eigenvalue weighted by Crippen LogP contribution is 2.69. The Balaban J connectivity index is 1.53. The van der Waals surface area contributed by atoms with Gasteiger partial charge in [-0.05, 0) is 91.8 Å². The van der Waals surface area contributed by atoms with Crippen molar-refractivity contribution >= 4 is 5.97 Å². The lowest BCUT2D eigenvalue weighted by atomic mass is 9.42. The third kappa shape index (κ3) is 4.38. The van der Waals surface area contributed by atoms with Gasteiger partial charge in [0.2, 0.25) is 0 Å². The molecule has 4 aliphatic carbocycles. The third-order valence-electron chi connectivity index (χ3n) is 11.9. The molecule has 35 heavy (non-hydrogen) atoms. The quantitative estimate of drug-likeness (QED) is 0.362. The van der Waals surface area contributed by atoms with Crippen LogP contribution in [0.1, 0.15) is 98.8 Å². The van der Waals surface area contributed by atoms with Crippen molar-refractivity contribution < 1.29 is 30.3 Å². The highest BCUT2D eigenvalue weighted by molar-refractivity contribution is 5.67. The van der Waals surface area contributed by atoms with Crippen LogP contribution in [0.25, 0.3) is 0 Å². The van der Waals surface area contributed by atoms with Gasteiger partial charge in [0.1, 0.15) is 0 Å². The van der Waals surface area contributed by atoms with Crippen molar-refractivity contribution in [2.45, 2.75) is 123 Å². The van der Waals surface area contributed by atoms with Gasteiger partial charge >= 0.3 is 5.97 Å². The first-order chi connectivity index (χ1) is 16.2. The van der Waals surface area contributed by atoms with Crippen molar-refractivity contribution in [1.29, 1.82) is 0 Å². The number of fused-ring (bicyclic) bond motifs is 5. The highest BCUT2D eigenvalue weighted by atomic mass is 16.4. The Morgan fingerprint density at radius 2 is 1.69 bits per heavy atom. The molecule has 12 atom stereocenters. The Labute approximate surface area is 211 Å². The average Bonchev–Trinajstić information content (AvgIpc) is 3.03. The summed E-state index contributed by atoms with van der Waals surface area (Å²) in [6.45, 7) is 11.0. The van der Waals surface area contributed by atoms with Crippen LogP contribution in [0.3, 0.4) is 0 Å². The van der Waals surface area contributed by atoms with Crippen LogP contribution in [0, 0.1) is 52.3 Å². The van der Waals surface area contributed by atoms with E-state index in [1.54, 1.807) is 0 Å². The second-order valence-electron chi connectivity index (χ2n) is 13.9. The van der Waals surface area contributed by atoms with Crippen molar-refractivity contribution in [1.82, 2.24) is 0 Å². The maximum Gasteiger partial charge on any atom is 0.303 e. The molecule has 4 aliphatic rings. The van der Waals surface area contributed by atoms with E-state index in [1.165, 1.54) is 0 Å². The highest BCUT2D eigenvalue weighted by Gasteiger charge is 2.68. The lowest BCUT2D eigenvalue weighted by Gasteiger charge is -2.65. The predicted molar refractivity (Wildman–Crippen MR) is 134 cm³/mol. The summed E-state index contributed by atoms with van der Waals surface area (Å²) in [7, 11) is 0. The number of hydrogen-bond acceptors (Lipinski definition) is 5. The molecule has 0 aromatic heterocycles. The van der Waals surface area contributed by atoms with Gasteiger partial charge in [0.15, 0.2) is 0 Å². The maximum atomic E-state index is 11.7.